The summed E-state index contributed by atoms with van der Waals surface area (Å²) < 4.78 is 5.90. The van der Waals surface area contributed by atoms with E-state index >= 15 is 0 Å². The molecule has 0 bridgehead atoms. The molecule has 1 amide bonds. The van der Waals surface area contributed by atoms with Gasteiger partial charge in [0, 0.05) is 11.6 Å². The Morgan fingerprint density at radius 2 is 2.26 bits per heavy atom. The fourth-order valence-electron chi connectivity index (χ4n) is 2.98. The number of carbonyl (C=O) groups excluding carboxylic acids is 1. The number of nitrogens with zero attached hydrogens (tertiary/aromatic N) is 2. The van der Waals surface area contributed by atoms with Crippen molar-refractivity contribution in [1.29, 1.82) is 0 Å². The highest BCUT2D eigenvalue weighted by atomic mass is 32.1. The SMILES string of the molecule is Cc1nc(-c2ncc(C(=O)NC[C@H]3CCc4ccccc4O3)c(=O)[nH]2)cs1. The second kappa shape index (κ2) is 7.32. The Balaban J connectivity index is 1.41. The van der Waals surface area contributed by atoms with Gasteiger partial charge in [0.1, 0.15) is 23.1 Å². The van der Waals surface area contributed by atoms with Gasteiger partial charge in [-0.1, -0.05) is 18.2 Å². The van der Waals surface area contributed by atoms with Crippen molar-refractivity contribution in [3.05, 3.63) is 62.3 Å². The van der Waals surface area contributed by atoms with Gasteiger partial charge in [0.2, 0.25) is 0 Å². The summed E-state index contributed by atoms with van der Waals surface area (Å²) in [6.07, 6.45) is 2.89. The van der Waals surface area contributed by atoms with Crippen molar-refractivity contribution >= 4 is 17.2 Å². The fraction of sp³-hybridized carbons (Fsp3) is 0.263. The number of hydrogen-bond acceptors (Lipinski definition) is 6. The molecule has 8 heteroatoms. The summed E-state index contributed by atoms with van der Waals surface area (Å²) in [5, 5.41) is 5.46. The molecule has 1 aliphatic rings. The van der Waals surface area contributed by atoms with Crippen LogP contribution in [0, 0.1) is 6.92 Å². The number of carbonyl (C=O) groups is 1. The molecule has 3 aromatic rings. The second-order valence-electron chi connectivity index (χ2n) is 6.32. The van der Waals surface area contributed by atoms with E-state index < -0.39 is 11.5 Å². The maximum absolute atomic E-state index is 12.4. The van der Waals surface area contributed by atoms with Crippen LogP contribution in [-0.4, -0.2) is 33.5 Å². The lowest BCUT2D eigenvalue weighted by atomic mass is 10.0. The van der Waals surface area contributed by atoms with Crippen LogP contribution in [0.4, 0.5) is 0 Å². The summed E-state index contributed by atoms with van der Waals surface area (Å²) in [6.45, 7) is 2.21. The third-order valence-corrected chi connectivity index (χ3v) is 5.17. The largest absolute Gasteiger partial charge is 0.488 e. The third kappa shape index (κ3) is 3.75. The van der Waals surface area contributed by atoms with Crippen LogP contribution in [0.1, 0.15) is 27.3 Å². The molecule has 0 radical (unpaired) electrons. The van der Waals surface area contributed by atoms with Gasteiger partial charge in [-0.2, -0.15) is 0 Å². The van der Waals surface area contributed by atoms with Crippen LogP contribution in [-0.2, 0) is 6.42 Å². The predicted molar refractivity (Wildman–Crippen MR) is 102 cm³/mol. The number of amides is 1. The zero-order valence-electron chi connectivity index (χ0n) is 14.7. The Labute approximate surface area is 159 Å². The number of nitrogens with one attached hydrogen (secondary N) is 2. The molecule has 3 heterocycles. The smallest absolute Gasteiger partial charge is 0.264 e. The fourth-order valence-corrected chi connectivity index (χ4v) is 3.58. The molecule has 27 heavy (non-hydrogen) atoms. The normalized spacial score (nSPS) is 15.7. The molecule has 0 saturated carbocycles. The van der Waals surface area contributed by atoms with E-state index in [0.717, 1.165) is 23.6 Å². The number of aromatic amines is 1. The van der Waals surface area contributed by atoms with Crippen molar-refractivity contribution in [2.45, 2.75) is 25.9 Å². The highest BCUT2D eigenvalue weighted by Gasteiger charge is 2.21. The Bertz CT molecular complexity index is 1040. The molecule has 138 valence electrons. The highest BCUT2D eigenvalue weighted by Crippen LogP contribution is 2.26. The Hall–Kier alpha value is -3.00. The maximum Gasteiger partial charge on any atom is 0.264 e. The number of ether oxygens (including phenoxy) is 1. The number of para-hydroxylation sites is 1. The van der Waals surface area contributed by atoms with Crippen molar-refractivity contribution in [3.63, 3.8) is 0 Å². The Kier molecular flexibility index (Phi) is 4.72. The average molecular weight is 382 g/mol. The topological polar surface area (TPSA) is 97.0 Å². The molecule has 0 fully saturated rings. The van der Waals surface area contributed by atoms with Crippen molar-refractivity contribution in [3.8, 4) is 17.3 Å². The van der Waals surface area contributed by atoms with Crippen LogP contribution >= 0.6 is 11.3 Å². The van der Waals surface area contributed by atoms with Gasteiger partial charge < -0.3 is 15.0 Å². The Morgan fingerprint density at radius 3 is 3.04 bits per heavy atom. The molecule has 1 aromatic carbocycles. The van der Waals surface area contributed by atoms with Crippen LogP contribution in [0.25, 0.3) is 11.5 Å². The number of aromatic nitrogens is 3. The summed E-state index contributed by atoms with van der Waals surface area (Å²) in [6, 6.07) is 7.88. The van der Waals surface area contributed by atoms with E-state index in [4.69, 9.17) is 4.74 Å². The first-order valence-corrected chi connectivity index (χ1v) is 9.52. The maximum atomic E-state index is 12.4. The van der Waals surface area contributed by atoms with E-state index in [-0.39, 0.29) is 11.7 Å². The molecule has 1 atom stereocenters. The molecule has 4 rings (SSSR count). The number of H-pyrrole nitrogens is 1. The van der Waals surface area contributed by atoms with Gasteiger partial charge in [-0.3, -0.25) is 9.59 Å². The predicted octanol–water partition coefficient (Wildman–Crippen LogP) is 2.33. The molecule has 2 N–H and O–H groups in total. The monoisotopic (exact) mass is 382 g/mol. The molecule has 0 saturated heterocycles. The van der Waals surface area contributed by atoms with Crippen LogP contribution in [0.3, 0.4) is 0 Å². The molecule has 0 unspecified atom stereocenters. The van der Waals surface area contributed by atoms with Gasteiger partial charge in [0.25, 0.3) is 11.5 Å². The number of aryl methyl sites for hydroxylation is 2. The summed E-state index contributed by atoms with van der Waals surface area (Å²) in [5.74, 6) is 0.741. The highest BCUT2D eigenvalue weighted by molar-refractivity contribution is 7.09. The average Bonchev–Trinajstić information content (AvgIpc) is 3.12. The van der Waals surface area contributed by atoms with E-state index in [0.29, 0.717) is 18.1 Å². The molecular weight excluding hydrogens is 364 g/mol. The lowest BCUT2D eigenvalue weighted by Crippen LogP contribution is -2.39. The Morgan fingerprint density at radius 1 is 1.41 bits per heavy atom. The van der Waals surface area contributed by atoms with Crippen molar-refractivity contribution < 1.29 is 9.53 Å². The molecule has 0 spiro atoms. The lowest BCUT2D eigenvalue weighted by Gasteiger charge is -2.26. The van der Waals surface area contributed by atoms with Gasteiger partial charge >= 0.3 is 0 Å². The number of rotatable bonds is 4. The first-order chi connectivity index (χ1) is 13.1. The minimum absolute atomic E-state index is 0.0260. The number of benzene rings is 1. The number of thiazole rings is 1. The number of fused-ring (bicyclic) bond motifs is 1. The standard InChI is InChI=1S/C19H18N4O3S/c1-11-22-15(10-27-11)17-20-9-14(19(25)23-17)18(24)21-8-13-7-6-12-4-2-3-5-16(12)26-13/h2-5,9-10,13H,6-8H2,1H3,(H,21,24)(H,20,23,25)/t13-/m1/s1. The van der Waals surface area contributed by atoms with Crippen LogP contribution in [0.5, 0.6) is 5.75 Å². The van der Waals surface area contributed by atoms with Gasteiger partial charge in [0.05, 0.1) is 11.6 Å². The van der Waals surface area contributed by atoms with E-state index in [1.807, 2.05) is 36.6 Å². The molecular formula is C19H18N4O3S. The summed E-state index contributed by atoms with van der Waals surface area (Å²) in [5.41, 5.74) is 1.25. The molecule has 1 aliphatic heterocycles. The summed E-state index contributed by atoms with van der Waals surface area (Å²) in [7, 11) is 0. The summed E-state index contributed by atoms with van der Waals surface area (Å²) in [4.78, 5) is 35.7. The van der Waals surface area contributed by atoms with Gasteiger partial charge in [-0.15, -0.1) is 11.3 Å². The molecule has 2 aromatic heterocycles. The second-order valence-corrected chi connectivity index (χ2v) is 7.38. The number of hydrogen-bond donors (Lipinski definition) is 2. The zero-order chi connectivity index (χ0) is 18.8. The molecule has 0 aliphatic carbocycles. The summed E-state index contributed by atoms with van der Waals surface area (Å²) >= 11 is 1.47. The van der Waals surface area contributed by atoms with Gasteiger partial charge in [-0.25, -0.2) is 9.97 Å². The molecule has 7 nitrogen and oxygen atoms in total. The zero-order valence-corrected chi connectivity index (χ0v) is 15.5. The van der Waals surface area contributed by atoms with Gasteiger partial charge in [0.15, 0.2) is 5.82 Å². The van der Waals surface area contributed by atoms with Crippen LogP contribution < -0.4 is 15.6 Å². The van der Waals surface area contributed by atoms with Crippen molar-refractivity contribution in [2.75, 3.05) is 6.54 Å². The van der Waals surface area contributed by atoms with Crippen LogP contribution in [0.2, 0.25) is 0 Å². The van der Waals surface area contributed by atoms with Crippen molar-refractivity contribution in [2.24, 2.45) is 0 Å². The minimum Gasteiger partial charge on any atom is -0.488 e. The first-order valence-electron chi connectivity index (χ1n) is 8.65. The quantitative estimate of drug-likeness (QED) is 0.722. The lowest BCUT2D eigenvalue weighted by molar-refractivity contribution is 0.0916. The first kappa shape index (κ1) is 17.4. The van der Waals surface area contributed by atoms with E-state index in [1.54, 1.807) is 0 Å². The van der Waals surface area contributed by atoms with E-state index in [9.17, 15) is 9.59 Å². The van der Waals surface area contributed by atoms with Crippen molar-refractivity contribution in [1.82, 2.24) is 20.3 Å². The minimum atomic E-state index is -0.488. The van der Waals surface area contributed by atoms with Crippen LogP contribution in [0.15, 0.2) is 40.6 Å². The van der Waals surface area contributed by atoms with E-state index in [2.05, 4.69) is 20.3 Å². The van der Waals surface area contributed by atoms with Gasteiger partial charge in [-0.05, 0) is 31.4 Å². The van der Waals surface area contributed by atoms with E-state index in [1.165, 1.54) is 23.1 Å². The third-order valence-electron chi connectivity index (χ3n) is 4.40.